The van der Waals surface area contributed by atoms with Gasteiger partial charge in [-0.25, -0.2) is 9.67 Å². The van der Waals surface area contributed by atoms with Crippen LogP contribution in [0.15, 0.2) is 6.33 Å². The zero-order valence-corrected chi connectivity index (χ0v) is 12.7. The minimum absolute atomic E-state index is 0.792. The van der Waals surface area contributed by atoms with Gasteiger partial charge in [-0.3, -0.25) is 4.90 Å². The van der Waals surface area contributed by atoms with Crippen LogP contribution in [-0.4, -0.2) is 63.8 Å². The van der Waals surface area contributed by atoms with Crippen molar-refractivity contribution in [3.63, 3.8) is 0 Å². The molecule has 1 saturated heterocycles. The van der Waals surface area contributed by atoms with Crippen LogP contribution in [0.1, 0.15) is 32.0 Å². The number of aryl methyl sites for hydroxylation is 1. The molecule has 6 nitrogen and oxygen atoms in total. The minimum Gasteiger partial charge on any atom is -0.330 e. The normalized spacial score (nSPS) is 18.3. The Kier molecular flexibility index (Phi) is 6.42. The van der Waals surface area contributed by atoms with E-state index in [4.69, 9.17) is 5.73 Å². The molecular formula is C14H28N6. The highest BCUT2D eigenvalue weighted by Crippen LogP contribution is 2.08. The maximum Gasteiger partial charge on any atom is 0.141 e. The number of nitrogens with zero attached hydrogens (tertiary/aromatic N) is 5. The Morgan fingerprint density at radius 1 is 1.15 bits per heavy atom. The summed E-state index contributed by atoms with van der Waals surface area (Å²) in [6, 6.07) is 0. The van der Waals surface area contributed by atoms with Gasteiger partial charge in [0.2, 0.25) is 0 Å². The van der Waals surface area contributed by atoms with Crippen molar-refractivity contribution in [2.45, 2.75) is 39.3 Å². The van der Waals surface area contributed by atoms with Gasteiger partial charge in [-0.1, -0.05) is 6.92 Å². The Labute approximate surface area is 121 Å². The highest BCUT2D eigenvalue weighted by molar-refractivity contribution is 4.85. The highest BCUT2D eigenvalue weighted by atomic mass is 15.3. The van der Waals surface area contributed by atoms with E-state index >= 15 is 0 Å². The van der Waals surface area contributed by atoms with E-state index < -0.39 is 0 Å². The van der Waals surface area contributed by atoms with Gasteiger partial charge in [-0.15, -0.1) is 0 Å². The number of hydrogen-bond donors (Lipinski definition) is 1. The fourth-order valence-corrected chi connectivity index (χ4v) is 2.73. The summed E-state index contributed by atoms with van der Waals surface area (Å²) in [6.45, 7) is 10.6. The molecule has 0 spiro atoms. The van der Waals surface area contributed by atoms with E-state index in [9.17, 15) is 0 Å². The first-order chi connectivity index (χ1) is 9.83. The van der Waals surface area contributed by atoms with Crippen LogP contribution in [0, 0.1) is 0 Å². The van der Waals surface area contributed by atoms with E-state index in [1.165, 1.54) is 13.0 Å². The van der Waals surface area contributed by atoms with E-state index in [1.54, 1.807) is 6.33 Å². The molecular weight excluding hydrogens is 252 g/mol. The van der Waals surface area contributed by atoms with E-state index in [1.807, 2.05) is 4.68 Å². The molecule has 1 fully saturated rings. The molecule has 2 rings (SSSR count). The topological polar surface area (TPSA) is 63.2 Å². The number of rotatable bonds is 7. The van der Waals surface area contributed by atoms with Gasteiger partial charge in [0, 0.05) is 19.6 Å². The Balaban J connectivity index is 1.82. The average molecular weight is 280 g/mol. The minimum atomic E-state index is 0.792. The number of nitrogens with two attached hydrogens (primary N) is 1. The summed E-state index contributed by atoms with van der Waals surface area (Å²) in [7, 11) is 0. The smallest absolute Gasteiger partial charge is 0.141 e. The third-order valence-electron chi connectivity index (χ3n) is 3.86. The highest BCUT2D eigenvalue weighted by Gasteiger charge is 2.16. The Bertz CT molecular complexity index is 377. The van der Waals surface area contributed by atoms with Crippen LogP contribution in [0.5, 0.6) is 0 Å². The Morgan fingerprint density at radius 2 is 1.95 bits per heavy atom. The third-order valence-corrected chi connectivity index (χ3v) is 3.86. The second-order valence-corrected chi connectivity index (χ2v) is 5.51. The summed E-state index contributed by atoms with van der Waals surface area (Å²) in [5, 5.41) is 4.30. The molecule has 0 amide bonds. The van der Waals surface area contributed by atoms with Crippen molar-refractivity contribution in [2.24, 2.45) is 5.73 Å². The van der Waals surface area contributed by atoms with Crippen LogP contribution < -0.4 is 5.73 Å². The fraction of sp³-hybridized carbons (Fsp3) is 0.857. The maximum atomic E-state index is 5.59. The molecule has 1 aromatic rings. The summed E-state index contributed by atoms with van der Waals surface area (Å²) in [5.41, 5.74) is 5.59. The lowest BCUT2D eigenvalue weighted by atomic mass is 10.3. The van der Waals surface area contributed by atoms with Crippen molar-refractivity contribution >= 4 is 0 Å². The van der Waals surface area contributed by atoms with Gasteiger partial charge >= 0.3 is 0 Å². The van der Waals surface area contributed by atoms with Crippen LogP contribution in [0.4, 0.5) is 0 Å². The van der Waals surface area contributed by atoms with Crippen LogP contribution in [-0.2, 0) is 13.1 Å². The molecule has 0 atom stereocenters. The molecule has 114 valence electrons. The van der Waals surface area contributed by atoms with Gasteiger partial charge in [-0.05, 0) is 45.4 Å². The van der Waals surface area contributed by atoms with E-state index in [0.717, 1.165) is 64.5 Å². The van der Waals surface area contributed by atoms with Gasteiger partial charge in [0.25, 0.3) is 0 Å². The lowest BCUT2D eigenvalue weighted by Crippen LogP contribution is -2.32. The number of aromatic nitrogens is 3. The number of hydrogen-bond acceptors (Lipinski definition) is 5. The third kappa shape index (κ3) is 4.54. The monoisotopic (exact) mass is 280 g/mol. The maximum absolute atomic E-state index is 5.59. The predicted molar refractivity (Wildman–Crippen MR) is 80.3 cm³/mol. The predicted octanol–water partition coefficient (Wildman–Crippen LogP) is 0.545. The van der Waals surface area contributed by atoms with Gasteiger partial charge in [0.1, 0.15) is 12.2 Å². The lowest BCUT2D eigenvalue weighted by molar-refractivity contribution is 0.243. The SMILES string of the molecule is CCCn1ncnc1CN1CCCN(CCCN)CC1. The summed E-state index contributed by atoms with van der Waals surface area (Å²) >= 11 is 0. The molecule has 0 saturated carbocycles. The summed E-state index contributed by atoms with van der Waals surface area (Å²) in [5.74, 6) is 1.10. The van der Waals surface area contributed by atoms with Crippen LogP contribution >= 0.6 is 0 Å². The first kappa shape index (κ1) is 15.4. The second kappa shape index (κ2) is 8.34. The molecule has 0 aromatic carbocycles. The Morgan fingerprint density at radius 3 is 2.75 bits per heavy atom. The lowest BCUT2D eigenvalue weighted by Gasteiger charge is -2.21. The quantitative estimate of drug-likeness (QED) is 0.790. The molecule has 20 heavy (non-hydrogen) atoms. The summed E-state index contributed by atoms with van der Waals surface area (Å²) in [4.78, 5) is 9.44. The molecule has 1 aliphatic heterocycles. The van der Waals surface area contributed by atoms with Crippen molar-refractivity contribution in [2.75, 3.05) is 39.3 Å². The van der Waals surface area contributed by atoms with Crippen LogP contribution in [0.25, 0.3) is 0 Å². The molecule has 0 aliphatic carbocycles. The van der Waals surface area contributed by atoms with E-state index in [0.29, 0.717) is 0 Å². The molecule has 6 heteroatoms. The Hall–Kier alpha value is -0.980. The average Bonchev–Trinajstić information content (AvgIpc) is 2.75. The zero-order chi connectivity index (χ0) is 14.2. The first-order valence-electron chi connectivity index (χ1n) is 7.85. The van der Waals surface area contributed by atoms with Gasteiger partial charge < -0.3 is 10.6 Å². The van der Waals surface area contributed by atoms with Crippen LogP contribution in [0.2, 0.25) is 0 Å². The second-order valence-electron chi connectivity index (χ2n) is 5.51. The van der Waals surface area contributed by atoms with Crippen molar-refractivity contribution < 1.29 is 0 Å². The molecule has 0 radical (unpaired) electrons. The molecule has 2 heterocycles. The largest absolute Gasteiger partial charge is 0.330 e. The summed E-state index contributed by atoms with van der Waals surface area (Å²) in [6.07, 6.45) is 5.11. The molecule has 2 N–H and O–H groups in total. The van der Waals surface area contributed by atoms with Gasteiger partial charge in [0.15, 0.2) is 0 Å². The standard InChI is InChI=1S/C14H28N6/c1-2-6-20-14(16-13-17-20)12-19-9-4-8-18(10-11-19)7-3-5-15/h13H,2-12,15H2,1H3. The molecule has 1 aliphatic rings. The van der Waals surface area contributed by atoms with Crippen LogP contribution in [0.3, 0.4) is 0 Å². The van der Waals surface area contributed by atoms with E-state index in [-0.39, 0.29) is 0 Å². The molecule has 1 aromatic heterocycles. The van der Waals surface area contributed by atoms with Crippen molar-refractivity contribution in [3.05, 3.63) is 12.2 Å². The first-order valence-corrected chi connectivity index (χ1v) is 7.85. The van der Waals surface area contributed by atoms with Gasteiger partial charge in [0.05, 0.1) is 6.54 Å². The van der Waals surface area contributed by atoms with Crippen molar-refractivity contribution in [1.29, 1.82) is 0 Å². The van der Waals surface area contributed by atoms with Gasteiger partial charge in [-0.2, -0.15) is 5.10 Å². The molecule has 0 bridgehead atoms. The van der Waals surface area contributed by atoms with Crippen molar-refractivity contribution in [3.8, 4) is 0 Å². The van der Waals surface area contributed by atoms with Crippen molar-refractivity contribution in [1.82, 2.24) is 24.6 Å². The zero-order valence-electron chi connectivity index (χ0n) is 12.7. The van der Waals surface area contributed by atoms with E-state index in [2.05, 4.69) is 26.8 Å². The fourth-order valence-electron chi connectivity index (χ4n) is 2.73. The molecule has 0 unspecified atom stereocenters. The summed E-state index contributed by atoms with van der Waals surface area (Å²) < 4.78 is 2.04.